The van der Waals surface area contributed by atoms with Crippen molar-refractivity contribution in [1.82, 2.24) is 25.2 Å². The first-order valence-corrected chi connectivity index (χ1v) is 14.6. The third-order valence-electron chi connectivity index (χ3n) is 8.30. The molecule has 0 aromatic carbocycles. The second-order valence-electron chi connectivity index (χ2n) is 11.3. The number of alkyl halides is 1. The van der Waals surface area contributed by atoms with Crippen LogP contribution < -0.4 is 10.6 Å². The molecule has 10 nitrogen and oxygen atoms in total. The number of aromatic nitrogens is 3. The van der Waals surface area contributed by atoms with Crippen molar-refractivity contribution < 1.29 is 23.8 Å². The maximum atomic E-state index is 13.5. The molecule has 3 heterocycles. The van der Waals surface area contributed by atoms with Crippen molar-refractivity contribution in [1.29, 1.82) is 0 Å². The van der Waals surface area contributed by atoms with Crippen LogP contribution in [-0.4, -0.2) is 88.9 Å². The van der Waals surface area contributed by atoms with E-state index in [0.29, 0.717) is 32.5 Å². The van der Waals surface area contributed by atoms with E-state index < -0.39 is 30.2 Å². The zero-order chi connectivity index (χ0) is 29.4. The maximum absolute atomic E-state index is 13.5. The number of carbonyl (C=O) groups is 2. The Labute approximate surface area is 241 Å². The molecule has 1 saturated carbocycles. The summed E-state index contributed by atoms with van der Waals surface area (Å²) in [7, 11) is 1.48. The molecular weight excluding hydrogens is 527 g/mol. The minimum absolute atomic E-state index is 0.196. The highest BCUT2D eigenvalue weighted by atomic mass is 19.1. The average Bonchev–Trinajstić information content (AvgIpc) is 3.77. The van der Waals surface area contributed by atoms with Crippen molar-refractivity contribution >= 4 is 17.7 Å². The van der Waals surface area contributed by atoms with Gasteiger partial charge in [0.1, 0.15) is 24.9 Å². The van der Waals surface area contributed by atoms with Crippen LogP contribution in [0.3, 0.4) is 0 Å². The van der Waals surface area contributed by atoms with Crippen LogP contribution in [0.15, 0.2) is 18.5 Å². The fourth-order valence-corrected chi connectivity index (χ4v) is 5.78. The fourth-order valence-electron chi connectivity index (χ4n) is 5.78. The first-order chi connectivity index (χ1) is 19.8. The van der Waals surface area contributed by atoms with E-state index in [-0.39, 0.29) is 12.3 Å². The Morgan fingerprint density at radius 1 is 1.20 bits per heavy atom. The molecule has 1 aliphatic heterocycles. The van der Waals surface area contributed by atoms with Gasteiger partial charge in [-0.25, -0.2) is 24.1 Å². The number of fused-ring (bicyclic) bond motifs is 1. The van der Waals surface area contributed by atoms with Gasteiger partial charge in [-0.15, -0.1) is 0 Å². The summed E-state index contributed by atoms with van der Waals surface area (Å²) in [4.78, 5) is 40.8. The molecule has 0 spiro atoms. The molecule has 0 unspecified atom stereocenters. The van der Waals surface area contributed by atoms with E-state index in [1.165, 1.54) is 19.0 Å². The Hall–Kier alpha value is -3.18. The second kappa shape index (κ2) is 14.1. The van der Waals surface area contributed by atoms with Crippen LogP contribution in [0.2, 0.25) is 0 Å². The highest BCUT2D eigenvalue weighted by Crippen LogP contribution is 2.50. The van der Waals surface area contributed by atoms with Crippen LogP contribution in [0.25, 0.3) is 0 Å². The van der Waals surface area contributed by atoms with Gasteiger partial charge in [0.2, 0.25) is 5.91 Å². The van der Waals surface area contributed by atoms with E-state index >= 15 is 0 Å². The number of nitrogens with zero attached hydrogens (tertiary/aromatic N) is 4. The fraction of sp³-hybridized carbons (Fsp3) is 0.633. The van der Waals surface area contributed by atoms with Crippen LogP contribution in [-0.2, 0) is 32.6 Å². The minimum Gasteiger partial charge on any atom is -0.480 e. The number of carbonyl (C=O) groups excluding carboxylic acids is 1. The Morgan fingerprint density at radius 3 is 2.61 bits per heavy atom. The zero-order valence-electron chi connectivity index (χ0n) is 24.4. The number of unbranched alkanes of at least 4 members (excludes halogenated alkanes) is 1. The van der Waals surface area contributed by atoms with Gasteiger partial charge in [0.05, 0.1) is 11.5 Å². The first kappa shape index (κ1) is 30.8. The average molecular weight is 571 g/mol. The number of ether oxygens (including phenoxy) is 1. The number of pyridine rings is 1. The molecule has 0 saturated heterocycles. The molecule has 3 N–H and O–H groups in total. The molecule has 2 aromatic heterocycles. The molecule has 1 fully saturated rings. The van der Waals surface area contributed by atoms with Gasteiger partial charge in [0.15, 0.2) is 0 Å². The van der Waals surface area contributed by atoms with Crippen molar-refractivity contribution in [2.75, 3.05) is 45.3 Å². The van der Waals surface area contributed by atoms with Crippen molar-refractivity contribution in [2.24, 2.45) is 0 Å². The molecule has 1 amide bonds. The van der Waals surface area contributed by atoms with Gasteiger partial charge < -0.3 is 25.4 Å². The summed E-state index contributed by atoms with van der Waals surface area (Å²) in [5.41, 5.74) is 3.79. The van der Waals surface area contributed by atoms with Crippen LogP contribution >= 0.6 is 0 Å². The number of hydrogen-bond acceptors (Lipinski definition) is 8. The number of anilines is 1. The van der Waals surface area contributed by atoms with Crippen molar-refractivity contribution in [3.63, 3.8) is 0 Å². The monoisotopic (exact) mass is 570 g/mol. The van der Waals surface area contributed by atoms with Gasteiger partial charge in [-0.05, 0) is 83.4 Å². The molecule has 2 aromatic rings. The maximum Gasteiger partial charge on any atom is 0.326 e. The zero-order valence-corrected chi connectivity index (χ0v) is 24.4. The summed E-state index contributed by atoms with van der Waals surface area (Å²) >= 11 is 0. The third-order valence-corrected chi connectivity index (χ3v) is 8.30. The quantitative estimate of drug-likeness (QED) is 0.261. The lowest BCUT2D eigenvalue weighted by molar-refractivity contribution is -0.142. The third kappa shape index (κ3) is 7.77. The van der Waals surface area contributed by atoms with Gasteiger partial charge in [0.25, 0.3) is 0 Å². The molecule has 4 rings (SSSR count). The van der Waals surface area contributed by atoms with E-state index in [4.69, 9.17) is 9.72 Å². The number of halogens is 1. The number of amides is 1. The SMILES string of the molecule is CO[C@H](CF)CN(CCCCc1ccc2c(n1)NCCC2)CC[C@H](NC(=O)C1(c2c(C)ncnc2C)CC1)C(=O)O. The lowest BCUT2D eigenvalue weighted by Crippen LogP contribution is -2.48. The van der Waals surface area contributed by atoms with Gasteiger partial charge in [-0.2, -0.15) is 0 Å². The van der Waals surface area contributed by atoms with Gasteiger partial charge >= 0.3 is 5.97 Å². The Kier molecular flexibility index (Phi) is 10.6. The van der Waals surface area contributed by atoms with Crippen LogP contribution in [0.1, 0.15) is 66.7 Å². The second-order valence-corrected chi connectivity index (χ2v) is 11.3. The van der Waals surface area contributed by atoms with Crippen LogP contribution in [0.4, 0.5) is 10.2 Å². The van der Waals surface area contributed by atoms with E-state index in [9.17, 15) is 19.1 Å². The number of nitrogens with one attached hydrogen (secondary N) is 2. The predicted octanol–water partition coefficient (Wildman–Crippen LogP) is 3.15. The Morgan fingerprint density at radius 2 is 1.95 bits per heavy atom. The number of rotatable bonds is 16. The Balaban J connectivity index is 1.33. The number of carboxylic acid groups (broad SMARTS) is 1. The summed E-state index contributed by atoms with van der Waals surface area (Å²) in [5, 5.41) is 16.1. The molecule has 0 radical (unpaired) electrons. The molecule has 1 aliphatic carbocycles. The summed E-state index contributed by atoms with van der Waals surface area (Å²) in [5.74, 6) is -0.406. The van der Waals surface area contributed by atoms with E-state index in [1.807, 2.05) is 18.7 Å². The number of carboxylic acids is 1. The molecular formula is C30H43FN6O4. The normalized spacial score (nSPS) is 16.9. The summed E-state index contributed by atoms with van der Waals surface area (Å²) in [6, 6.07) is 3.18. The molecule has 224 valence electrons. The van der Waals surface area contributed by atoms with Crippen molar-refractivity contribution in [2.45, 2.75) is 82.8 Å². The van der Waals surface area contributed by atoms with Crippen LogP contribution in [0, 0.1) is 13.8 Å². The van der Waals surface area contributed by atoms with E-state index in [0.717, 1.165) is 67.1 Å². The van der Waals surface area contributed by atoms with Crippen molar-refractivity contribution in [3.8, 4) is 0 Å². The van der Waals surface area contributed by atoms with Crippen LogP contribution in [0.5, 0.6) is 0 Å². The largest absolute Gasteiger partial charge is 0.480 e. The van der Waals surface area contributed by atoms with Crippen molar-refractivity contribution in [3.05, 3.63) is 46.7 Å². The molecule has 2 aliphatic rings. The topological polar surface area (TPSA) is 130 Å². The van der Waals surface area contributed by atoms with Gasteiger partial charge in [-0.3, -0.25) is 4.79 Å². The molecule has 2 atom stereocenters. The molecule has 11 heteroatoms. The number of aliphatic carboxylic acids is 1. The first-order valence-electron chi connectivity index (χ1n) is 14.6. The Bertz CT molecular complexity index is 1180. The summed E-state index contributed by atoms with van der Waals surface area (Å²) < 4.78 is 18.8. The van der Waals surface area contributed by atoms with Gasteiger partial charge in [0, 0.05) is 49.4 Å². The minimum atomic E-state index is -1.09. The summed E-state index contributed by atoms with van der Waals surface area (Å²) in [6.07, 6.45) is 7.09. The highest BCUT2D eigenvalue weighted by Gasteiger charge is 2.54. The smallest absolute Gasteiger partial charge is 0.326 e. The van der Waals surface area contributed by atoms with Gasteiger partial charge in [-0.1, -0.05) is 6.07 Å². The number of hydrogen-bond donors (Lipinski definition) is 3. The van der Waals surface area contributed by atoms with E-state index in [2.05, 4.69) is 32.7 Å². The standard InChI is InChI=1S/C30H43FN6O4/c1-20-26(21(2)34-19-33-20)30(12-13-30)29(40)36-25(28(38)39)11-16-37(18-24(17-31)41-3)15-5-4-8-23-10-9-22-7-6-14-32-27(22)35-23/h9-10,19,24-25H,4-8,11-18H2,1-3H3,(H,32,35)(H,36,40)(H,38,39)/t24-,25+/m1/s1. The number of aryl methyl sites for hydroxylation is 4. The number of methoxy groups -OCH3 is 1. The molecule has 0 bridgehead atoms. The molecule has 41 heavy (non-hydrogen) atoms. The van der Waals surface area contributed by atoms with E-state index in [1.54, 1.807) is 0 Å². The lowest BCUT2D eigenvalue weighted by Gasteiger charge is -2.28. The summed E-state index contributed by atoms with van der Waals surface area (Å²) in [6.45, 7) is 5.41. The lowest BCUT2D eigenvalue weighted by atomic mass is 9.91. The predicted molar refractivity (Wildman–Crippen MR) is 154 cm³/mol. The highest BCUT2D eigenvalue weighted by molar-refractivity contribution is 5.94.